The zero-order valence-corrected chi connectivity index (χ0v) is 13.9. The highest BCUT2D eigenvalue weighted by Gasteiger charge is 2.31. The number of hydrogen-bond donors (Lipinski definition) is 3. The largest absolute Gasteiger partial charge is 0.352 e. The molecule has 126 valence electrons. The summed E-state index contributed by atoms with van der Waals surface area (Å²) in [6.07, 6.45) is 0. The number of hydrogen-bond acceptors (Lipinski definition) is 2. The van der Waals surface area contributed by atoms with Gasteiger partial charge in [-0.25, -0.2) is 4.79 Å². The van der Waals surface area contributed by atoms with Gasteiger partial charge in [0.15, 0.2) is 0 Å². The molecule has 0 radical (unpaired) electrons. The Bertz CT molecular complexity index is 525. The molecule has 0 spiro atoms. The molecule has 6 heteroatoms. The van der Waals surface area contributed by atoms with Gasteiger partial charge in [-0.2, -0.15) is 0 Å². The third kappa shape index (κ3) is 4.96. The number of carbonyl (C=O) groups excluding carboxylic acids is 2. The van der Waals surface area contributed by atoms with Gasteiger partial charge >= 0.3 is 6.03 Å². The third-order valence-corrected chi connectivity index (χ3v) is 4.31. The molecule has 1 saturated heterocycles. The number of nitrogens with one attached hydrogen (secondary N) is 2. The van der Waals surface area contributed by atoms with Gasteiger partial charge in [-0.05, 0) is 5.92 Å². The van der Waals surface area contributed by atoms with Gasteiger partial charge in [0.05, 0.1) is 26.2 Å². The summed E-state index contributed by atoms with van der Waals surface area (Å²) in [5, 5.41) is 2.57. The number of quaternary nitrogens is 1. The molecule has 4 N–H and O–H groups in total. The average molecular weight is 319 g/mol. The van der Waals surface area contributed by atoms with E-state index in [0.29, 0.717) is 13.1 Å². The van der Waals surface area contributed by atoms with Crippen LogP contribution in [0.5, 0.6) is 0 Å². The summed E-state index contributed by atoms with van der Waals surface area (Å²) in [6.45, 7) is 8.07. The number of benzene rings is 1. The van der Waals surface area contributed by atoms with Crippen molar-refractivity contribution in [2.75, 3.05) is 26.2 Å². The summed E-state index contributed by atoms with van der Waals surface area (Å²) in [4.78, 5) is 27.0. The number of nitrogens with zero attached hydrogens (tertiary/aromatic N) is 1. The van der Waals surface area contributed by atoms with Crippen LogP contribution in [-0.4, -0.2) is 49.1 Å². The molecule has 1 fully saturated rings. The van der Waals surface area contributed by atoms with Gasteiger partial charge in [-0.15, -0.1) is 0 Å². The molecule has 2 rings (SSSR count). The van der Waals surface area contributed by atoms with Crippen molar-refractivity contribution in [2.24, 2.45) is 11.7 Å². The standard InChI is InChI=1S/C17H26N4O2/c1-13(2)15(19-17(18)23)16(22)21-10-8-20(9-11-21)12-14-6-4-3-5-7-14/h3-7,13,15H,8-12H2,1-2H3,(H3,18,19,23)/p+1/t15-/m0/s1. The van der Waals surface area contributed by atoms with Crippen LogP contribution in [0.1, 0.15) is 19.4 Å². The highest BCUT2D eigenvalue weighted by Crippen LogP contribution is 2.07. The summed E-state index contributed by atoms with van der Waals surface area (Å²) in [7, 11) is 0. The maximum Gasteiger partial charge on any atom is 0.312 e. The van der Waals surface area contributed by atoms with Gasteiger partial charge in [-0.3, -0.25) is 4.79 Å². The predicted octanol–water partition coefficient (Wildman–Crippen LogP) is -0.393. The summed E-state index contributed by atoms with van der Waals surface area (Å²) in [6, 6.07) is 9.21. The molecule has 0 saturated carbocycles. The summed E-state index contributed by atoms with van der Waals surface area (Å²) >= 11 is 0. The topological polar surface area (TPSA) is 79.9 Å². The Hall–Kier alpha value is -2.08. The molecule has 1 aliphatic rings. The first-order valence-electron chi connectivity index (χ1n) is 8.19. The normalized spacial score (nSPS) is 17.1. The molecule has 0 aliphatic carbocycles. The first kappa shape index (κ1) is 17.3. The van der Waals surface area contributed by atoms with Crippen molar-refractivity contribution >= 4 is 11.9 Å². The summed E-state index contributed by atoms with van der Waals surface area (Å²) in [5.74, 6) is -0.0118. The Balaban J connectivity index is 1.87. The smallest absolute Gasteiger partial charge is 0.312 e. The van der Waals surface area contributed by atoms with E-state index in [9.17, 15) is 9.59 Å². The van der Waals surface area contributed by atoms with Gasteiger partial charge in [0.1, 0.15) is 12.6 Å². The van der Waals surface area contributed by atoms with E-state index in [4.69, 9.17) is 5.73 Å². The second-order valence-electron chi connectivity index (χ2n) is 6.47. The van der Waals surface area contributed by atoms with E-state index in [1.165, 1.54) is 10.5 Å². The summed E-state index contributed by atoms with van der Waals surface area (Å²) < 4.78 is 0. The number of carbonyl (C=O) groups is 2. The van der Waals surface area contributed by atoms with Crippen LogP contribution in [-0.2, 0) is 11.3 Å². The molecular formula is C17H27N4O2+. The SMILES string of the molecule is CC(C)[C@H](NC(N)=O)C(=O)N1CC[NH+](Cc2ccccc2)CC1. The molecular weight excluding hydrogens is 292 g/mol. The fourth-order valence-electron chi connectivity index (χ4n) is 2.97. The van der Waals surface area contributed by atoms with Gasteiger partial charge < -0.3 is 20.9 Å². The highest BCUT2D eigenvalue weighted by atomic mass is 16.2. The Morgan fingerprint density at radius 1 is 1.22 bits per heavy atom. The van der Waals surface area contributed by atoms with E-state index >= 15 is 0 Å². The number of rotatable bonds is 5. The lowest BCUT2D eigenvalue weighted by Crippen LogP contribution is -3.13. The van der Waals surface area contributed by atoms with Crippen molar-refractivity contribution in [1.82, 2.24) is 10.2 Å². The van der Waals surface area contributed by atoms with Crippen molar-refractivity contribution in [1.29, 1.82) is 0 Å². The van der Waals surface area contributed by atoms with Crippen molar-refractivity contribution in [3.63, 3.8) is 0 Å². The van der Waals surface area contributed by atoms with Crippen molar-refractivity contribution in [3.05, 3.63) is 35.9 Å². The Morgan fingerprint density at radius 2 is 1.83 bits per heavy atom. The fraction of sp³-hybridized carbons (Fsp3) is 0.529. The Kier molecular flexibility index (Phi) is 5.98. The number of urea groups is 1. The molecule has 1 aromatic rings. The maximum absolute atomic E-state index is 12.6. The lowest BCUT2D eigenvalue weighted by molar-refractivity contribution is -0.917. The minimum Gasteiger partial charge on any atom is -0.352 e. The molecule has 1 aliphatic heterocycles. The molecule has 1 heterocycles. The van der Waals surface area contributed by atoms with Crippen LogP contribution >= 0.6 is 0 Å². The second kappa shape index (κ2) is 7.97. The van der Waals surface area contributed by atoms with Crippen LogP contribution < -0.4 is 16.0 Å². The van der Waals surface area contributed by atoms with Gasteiger partial charge in [0.25, 0.3) is 0 Å². The van der Waals surface area contributed by atoms with Crippen LogP contribution in [0.25, 0.3) is 0 Å². The minimum absolute atomic E-state index is 0.0182. The molecule has 23 heavy (non-hydrogen) atoms. The number of nitrogens with two attached hydrogens (primary N) is 1. The molecule has 0 unspecified atom stereocenters. The first-order valence-corrected chi connectivity index (χ1v) is 8.19. The second-order valence-corrected chi connectivity index (χ2v) is 6.47. The van der Waals surface area contributed by atoms with E-state index in [2.05, 4.69) is 29.6 Å². The third-order valence-electron chi connectivity index (χ3n) is 4.31. The van der Waals surface area contributed by atoms with Crippen molar-refractivity contribution < 1.29 is 14.5 Å². The van der Waals surface area contributed by atoms with E-state index < -0.39 is 12.1 Å². The highest BCUT2D eigenvalue weighted by molar-refractivity contribution is 5.86. The quantitative estimate of drug-likeness (QED) is 0.691. The average Bonchev–Trinajstić information content (AvgIpc) is 2.53. The zero-order chi connectivity index (χ0) is 16.8. The molecule has 1 aromatic carbocycles. The van der Waals surface area contributed by atoms with Gasteiger partial charge in [-0.1, -0.05) is 44.2 Å². The maximum atomic E-state index is 12.6. The van der Waals surface area contributed by atoms with Crippen molar-refractivity contribution in [3.8, 4) is 0 Å². The Labute approximate surface area is 137 Å². The zero-order valence-electron chi connectivity index (χ0n) is 13.9. The number of amides is 3. The lowest BCUT2D eigenvalue weighted by Gasteiger charge is -2.35. The van der Waals surface area contributed by atoms with Crippen LogP contribution in [0.4, 0.5) is 4.79 Å². The predicted molar refractivity (Wildman–Crippen MR) is 88.8 cm³/mol. The van der Waals surface area contributed by atoms with E-state index in [1.54, 1.807) is 0 Å². The number of primary amides is 1. The van der Waals surface area contributed by atoms with Crippen LogP contribution in [0.2, 0.25) is 0 Å². The lowest BCUT2D eigenvalue weighted by atomic mass is 10.0. The van der Waals surface area contributed by atoms with Gasteiger partial charge in [0.2, 0.25) is 5.91 Å². The molecule has 0 bridgehead atoms. The van der Waals surface area contributed by atoms with E-state index in [1.807, 2.05) is 24.8 Å². The monoisotopic (exact) mass is 319 g/mol. The van der Waals surface area contributed by atoms with E-state index in [0.717, 1.165) is 19.6 Å². The number of piperazine rings is 1. The minimum atomic E-state index is -0.648. The molecule has 3 amide bonds. The molecule has 1 atom stereocenters. The fourth-order valence-corrected chi connectivity index (χ4v) is 2.97. The van der Waals surface area contributed by atoms with Crippen LogP contribution in [0.3, 0.4) is 0 Å². The first-order chi connectivity index (χ1) is 11.0. The van der Waals surface area contributed by atoms with Crippen molar-refractivity contribution in [2.45, 2.75) is 26.4 Å². The summed E-state index contributed by atoms with van der Waals surface area (Å²) in [5.41, 5.74) is 6.50. The van der Waals surface area contributed by atoms with E-state index in [-0.39, 0.29) is 11.8 Å². The Morgan fingerprint density at radius 3 is 2.35 bits per heavy atom. The van der Waals surface area contributed by atoms with Gasteiger partial charge in [0, 0.05) is 5.56 Å². The van der Waals surface area contributed by atoms with Crippen LogP contribution in [0.15, 0.2) is 30.3 Å². The molecule has 0 aromatic heterocycles. The van der Waals surface area contributed by atoms with Crippen LogP contribution in [0, 0.1) is 5.92 Å². The molecule has 6 nitrogen and oxygen atoms in total.